The number of amides is 1. The molecular weight excluding hydrogens is 464 g/mol. The average Bonchev–Trinajstić information content (AvgIpc) is 3.15. The van der Waals surface area contributed by atoms with Gasteiger partial charge in [0.05, 0.1) is 33.9 Å². The van der Waals surface area contributed by atoms with Crippen LogP contribution in [0.5, 0.6) is 0 Å². The number of hydrogen-bond donors (Lipinski definition) is 1. The summed E-state index contributed by atoms with van der Waals surface area (Å²) < 4.78 is 7.12. The van der Waals surface area contributed by atoms with Gasteiger partial charge in [0.2, 0.25) is 0 Å². The first-order chi connectivity index (χ1) is 17.0. The van der Waals surface area contributed by atoms with Crippen LogP contribution in [0.1, 0.15) is 33.2 Å². The Kier molecular flexibility index (Phi) is 5.93. The van der Waals surface area contributed by atoms with E-state index in [2.05, 4.69) is 5.32 Å². The number of rotatable bonds is 5. The highest BCUT2D eigenvalue weighted by atomic mass is 35.5. The lowest BCUT2D eigenvalue weighted by atomic mass is 10.2. The maximum Gasteiger partial charge on any atom is 0.344 e. The Hall–Kier alpha value is -4.23. The molecule has 2 aromatic heterocycles. The van der Waals surface area contributed by atoms with Crippen molar-refractivity contribution in [2.75, 3.05) is 11.9 Å². The zero-order valence-corrected chi connectivity index (χ0v) is 19.8. The normalized spacial score (nSPS) is 11.1. The van der Waals surface area contributed by atoms with Crippen LogP contribution in [0.3, 0.4) is 0 Å². The van der Waals surface area contributed by atoms with E-state index in [0.717, 1.165) is 11.3 Å². The van der Waals surface area contributed by atoms with E-state index in [1.807, 2.05) is 55.5 Å². The minimum Gasteiger partial charge on any atom is -0.462 e. The van der Waals surface area contributed by atoms with Gasteiger partial charge in [-0.15, -0.1) is 0 Å². The van der Waals surface area contributed by atoms with Gasteiger partial charge in [0.1, 0.15) is 16.9 Å². The molecule has 0 bridgehead atoms. The summed E-state index contributed by atoms with van der Waals surface area (Å²) in [6.07, 6.45) is 0. The molecule has 0 aliphatic rings. The van der Waals surface area contributed by atoms with Gasteiger partial charge < -0.3 is 10.1 Å². The van der Waals surface area contributed by atoms with Gasteiger partial charge in [-0.2, -0.15) is 0 Å². The molecule has 3 aromatic carbocycles. The lowest BCUT2D eigenvalue weighted by Crippen LogP contribution is -2.18. The molecule has 7 nitrogen and oxygen atoms in total. The Morgan fingerprint density at radius 1 is 0.943 bits per heavy atom. The number of ether oxygens (including phenoxy) is 1. The van der Waals surface area contributed by atoms with E-state index in [0.29, 0.717) is 27.2 Å². The van der Waals surface area contributed by atoms with Crippen LogP contribution in [0.4, 0.5) is 5.82 Å². The molecule has 0 saturated heterocycles. The van der Waals surface area contributed by atoms with Crippen molar-refractivity contribution >= 4 is 51.5 Å². The predicted molar refractivity (Wildman–Crippen MR) is 136 cm³/mol. The van der Waals surface area contributed by atoms with Gasteiger partial charge in [0.15, 0.2) is 5.65 Å². The van der Waals surface area contributed by atoms with Gasteiger partial charge in [0.25, 0.3) is 5.91 Å². The summed E-state index contributed by atoms with van der Waals surface area (Å²) >= 11 is 6.29. The zero-order valence-electron chi connectivity index (χ0n) is 19.1. The second kappa shape index (κ2) is 9.19. The van der Waals surface area contributed by atoms with E-state index in [-0.39, 0.29) is 23.6 Å². The summed E-state index contributed by atoms with van der Waals surface area (Å²) in [5.74, 6) is -0.861. The van der Waals surface area contributed by atoms with Crippen LogP contribution in [0, 0.1) is 6.92 Å². The number of para-hydroxylation sites is 3. The number of carbonyl (C=O) groups excluding carboxylic acids is 2. The summed E-state index contributed by atoms with van der Waals surface area (Å²) in [4.78, 5) is 36.2. The topological polar surface area (TPSA) is 86.1 Å². The fourth-order valence-corrected chi connectivity index (χ4v) is 4.25. The Balaban J connectivity index is 1.85. The molecule has 0 spiro atoms. The Morgan fingerprint density at radius 3 is 2.31 bits per heavy atom. The third-order valence-corrected chi connectivity index (χ3v) is 5.98. The van der Waals surface area contributed by atoms with Crippen LogP contribution >= 0.6 is 11.6 Å². The smallest absolute Gasteiger partial charge is 0.344 e. The highest BCUT2D eigenvalue weighted by Gasteiger charge is 2.29. The molecule has 0 saturated carbocycles. The number of halogens is 1. The van der Waals surface area contributed by atoms with Crippen molar-refractivity contribution in [2.24, 2.45) is 0 Å². The van der Waals surface area contributed by atoms with E-state index < -0.39 is 11.9 Å². The summed E-state index contributed by atoms with van der Waals surface area (Å²) in [5, 5.41) is 3.20. The molecule has 5 aromatic rings. The minimum absolute atomic E-state index is 0.128. The minimum atomic E-state index is -0.608. The van der Waals surface area contributed by atoms with E-state index in [9.17, 15) is 9.59 Å². The molecule has 0 radical (unpaired) electrons. The SMILES string of the molecule is CCOC(=O)c1c(NC(=O)c2ccccc2Cl)n(-c2ccccc2C)c2nc3ccccc3nc12. The van der Waals surface area contributed by atoms with Gasteiger partial charge in [0, 0.05) is 0 Å². The number of aromatic nitrogens is 3. The lowest BCUT2D eigenvalue weighted by molar-refractivity contribution is 0.0529. The molecule has 8 heteroatoms. The number of nitrogens with one attached hydrogen (secondary N) is 1. The first-order valence-electron chi connectivity index (χ1n) is 11.1. The third-order valence-electron chi connectivity index (χ3n) is 5.65. The van der Waals surface area contributed by atoms with Gasteiger partial charge in [-0.25, -0.2) is 14.8 Å². The standard InChI is InChI=1S/C27H21ClN4O3/c1-3-35-27(34)22-23-25(30-20-14-8-7-13-19(20)29-23)32(21-15-9-4-10-16(21)2)24(22)31-26(33)17-11-5-6-12-18(17)28/h4-15H,3H2,1-2H3,(H,31,33). The van der Waals surface area contributed by atoms with Gasteiger partial charge in [-0.05, 0) is 49.7 Å². The predicted octanol–water partition coefficient (Wildman–Crippen LogP) is 5.96. The quantitative estimate of drug-likeness (QED) is 0.311. The molecule has 1 N–H and O–H groups in total. The number of nitrogens with zero attached hydrogens (tertiary/aromatic N) is 3. The molecule has 35 heavy (non-hydrogen) atoms. The first kappa shape index (κ1) is 22.6. The molecular formula is C27H21ClN4O3. The van der Waals surface area contributed by atoms with Crippen molar-refractivity contribution in [3.05, 3.63) is 94.5 Å². The fourth-order valence-electron chi connectivity index (χ4n) is 4.03. The van der Waals surface area contributed by atoms with Gasteiger partial charge in [-0.1, -0.05) is 54.1 Å². The largest absolute Gasteiger partial charge is 0.462 e. The van der Waals surface area contributed by atoms with Crippen LogP contribution in [-0.4, -0.2) is 33.0 Å². The Morgan fingerprint density at radius 2 is 1.60 bits per heavy atom. The van der Waals surface area contributed by atoms with Crippen LogP contribution in [0.2, 0.25) is 5.02 Å². The van der Waals surface area contributed by atoms with Crippen molar-refractivity contribution in [3.63, 3.8) is 0 Å². The van der Waals surface area contributed by atoms with Crippen molar-refractivity contribution < 1.29 is 14.3 Å². The molecule has 0 aliphatic heterocycles. The number of carbonyl (C=O) groups is 2. The van der Waals surface area contributed by atoms with Crippen LogP contribution in [-0.2, 0) is 4.74 Å². The van der Waals surface area contributed by atoms with E-state index in [1.54, 1.807) is 35.8 Å². The highest BCUT2D eigenvalue weighted by Crippen LogP contribution is 2.35. The lowest BCUT2D eigenvalue weighted by Gasteiger charge is -2.15. The Labute approximate surface area is 206 Å². The summed E-state index contributed by atoms with van der Waals surface area (Å²) in [6, 6.07) is 21.8. The molecule has 0 aliphatic carbocycles. The van der Waals surface area contributed by atoms with Gasteiger partial charge >= 0.3 is 5.97 Å². The molecule has 2 heterocycles. The van der Waals surface area contributed by atoms with Crippen molar-refractivity contribution in [3.8, 4) is 5.69 Å². The summed E-state index contributed by atoms with van der Waals surface area (Å²) in [6.45, 7) is 3.83. The maximum atomic E-state index is 13.3. The molecule has 0 atom stereocenters. The molecule has 5 rings (SSSR count). The van der Waals surface area contributed by atoms with Gasteiger partial charge in [-0.3, -0.25) is 9.36 Å². The maximum absolute atomic E-state index is 13.3. The number of anilines is 1. The van der Waals surface area contributed by atoms with Crippen molar-refractivity contribution in [1.82, 2.24) is 14.5 Å². The summed E-state index contributed by atoms with van der Waals surface area (Å²) in [5.41, 5.74) is 4.11. The van der Waals surface area contributed by atoms with Crippen LogP contribution in [0.25, 0.3) is 27.9 Å². The van der Waals surface area contributed by atoms with Crippen LogP contribution < -0.4 is 5.32 Å². The fraction of sp³-hybridized carbons (Fsp3) is 0.111. The monoisotopic (exact) mass is 484 g/mol. The van der Waals surface area contributed by atoms with E-state index in [1.165, 1.54) is 0 Å². The summed E-state index contributed by atoms with van der Waals surface area (Å²) in [7, 11) is 0. The van der Waals surface area contributed by atoms with E-state index in [4.69, 9.17) is 26.3 Å². The number of esters is 1. The molecule has 0 fully saturated rings. The third kappa shape index (κ3) is 4.00. The second-order valence-corrected chi connectivity index (χ2v) is 8.29. The number of fused-ring (bicyclic) bond motifs is 2. The molecule has 0 unspecified atom stereocenters. The van der Waals surface area contributed by atoms with E-state index >= 15 is 0 Å². The van der Waals surface area contributed by atoms with Crippen LogP contribution in [0.15, 0.2) is 72.8 Å². The number of aryl methyl sites for hydroxylation is 1. The highest BCUT2D eigenvalue weighted by molar-refractivity contribution is 6.34. The Bertz CT molecular complexity index is 1610. The average molecular weight is 485 g/mol. The number of hydrogen-bond acceptors (Lipinski definition) is 5. The molecule has 1 amide bonds. The molecule has 174 valence electrons. The van der Waals surface area contributed by atoms with Crippen molar-refractivity contribution in [1.29, 1.82) is 0 Å². The zero-order chi connectivity index (χ0) is 24.5. The van der Waals surface area contributed by atoms with Crippen molar-refractivity contribution in [2.45, 2.75) is 13.8 Å². The second-order valence-electron chi connectivity index (χ2n) is 7.88. The number of benzene rings is 3. The first-order valence-corrected chi connectivity index (χ1v) is 11.5.